The molecule has 0 saturated carbocycles. The minimum absolute atomic E-state index is 0.176. The second kappa shape index (κ2) is 6.51. The van der Waals surface area contributed by atoms with Crippen LogP contribution in [0.25, 0.3) is 0 Å². The van der Waals surface area contributed by atoms with Crippen molar-refractivity contribution in [2.24, 2.45) is 0 Å². The first-order chi connectivity index (χ1) is 9.80. The van der Waals surface area contributed by atoms with Gasteiger partial charge in [0.25, 0.3) is 0 Å². The summed E-state index contributed by atoms with van der Waals surface area (Å²) in [6.07, 6.45) is 2.34. The highest BCUT2D eigenvalue weighted by atomic mass is 16.5. The summed E-state index contributed by atoms with van der Waals surface area (Å²) in [5, 5.41) is 7.68. The fourth-order valence-electron chi connectivity index (χ4n) is 1.74. The fourth-order valence-corrected chi connectivity index (χ4v) is 1.74. The number of para-hydroxylation sites is 2. The van der Waals surface area contributed by atoms with E-state index in [-0.39, 0.29) is 12.3 Å². The molecule has 0 N–H and O–H groups in total. The van der Waals surface area contributed by atoms with Crippen molar-refractivity contribution in [1.29, 1.82) is 0 Å². The van der Waals surface area contributed by atoms with Crippen LogP contribution < -0.4 is 9.47 Å². The van der Waals surface area contributed by atoms with Crippen molar-refractivity contribution in [2.75, 3.05) is 7.11 Å². The Morgan fingerprint density at radius 2 is 2.10 bits per heavy atom. The molecule has 104 valence electrons. The van der Waals surface area contributed by atoms with Crippen LogP contribution in [0, 0.1) is 0 Å². The zero-order chi connectivity index (χ0) is 14.4. The molecule has 0 aliphatic heterocycles. The van der Waals surface area contributed by atoms with E-state index in [0.29, 0.717) is 30.0 Å². The number of hydrogen-bond acceptors (Lipinski definition) is 5. The molecule has 0 aliphatic rings. The van der Waals surface area contributed by atoms with Gasteiger partial charge in [0.2, 0.25) is 0 Å². The van der Waals surface area contributed by atoms with Crippen LogP contribution in [0.4, 0.5) is 0 Å². The van der Waals surface area contributed by atoms with Crippen molar-refractivity contribution < 1.29 is 14.3 Å². The van der Waals surface area contributed by atoms with Gasteiger partial charge >= 0.3 is 0 Å². The highest BCUT2D eigenvalue weighted by Gasteiger charge is 2.13. The lowest BCUT2D eigenvalue weighted by molar-refractivity contribution is 0.111. The molecule has 0 spiro atoms. The number of carbonyl (C=O) groups is 1. The molecule has 0 aliphatic carbocycles. The Hall–Kier alpha value is -2.63. The number of nitrogens with zero attached hydrogens (tertiary/aromatic N) is 3. The van der Waals surface area contributed by atoms with Crippen LogP contribution in [0.2, 0.25) is 0 Å². The van der Waals surface area contributed by atoms with Gasteiger partial charge in [0.1, 0.15) is 12.3 Å². The van der Waals surface area contributed by atoms with E-state index in [9.17, 15) is 4.79 Å². The maximum absolute atomic E-state index is 11.0. The quantitative estimate of drug-likeness (QED) is 0.569. The number of methoxy groups -OCH3 is 1. The zero-order valence-electron chi connectivity index (χ0n) is 11.2. The summed E-state index contributed by atoms with van der Waals surface area (Å²) in [5.41, 5.74) is 0.868. The number of hydrogen-bond donors (Lipinski definition) is 0. The van der Waals surface area contributed by atoms with Crippen molar-refractivity contribution in [3.05, 3.63) is 48.3 Å². The maximum atomic E-state index is 11.0. The Bertz CT molecular complexity index is 607. The third kappa shape index (κ3) is 2.85. The number of rotatable bonds is 7. The van der Waals surface area contributed by atoms with E-state index >= 15 is 0 Å². The average Bonchev–Trinajstić information content (AvgIpc) is 2.88. The lowest BCUT2D eigenvalue weighted by atomic mass is 10.3. The first kappa shape index (κ1) is 13.8. The van der Waals surface area contributed by atoms with Crippen LogP contribution in [-0.4, -0.2) is 28.4 Å². The highest BCUT2D eigenvalue weighted by molar-refractivity contribution is 5.73. The van der Waals surface area contributed by atoms with Gasteiger partial charge in [-0.2, -0.15) is 0 Å². The smallest absolute Gasteiger partial charge is 0.172 e. The third-order valence-corrected chi connectivity index (χ3v) is 2.71. The molecule has 20 heavy (non-hydrogen) atoms. The first-order valence-corrected chi connectivity index (χ1v) is 6.04. The van der Waals surface area contributed by atoms with Gasteiger partial charge in [0.05, 0.1) is 13.7 Å². The van der Waals surface area contributed by atoms with Gasteiger partial charge in [-0.1, -0.05) is 23.4 Å². The SMILES string of the molecule is C=CCn1nnc(C=O)c1COc1ccccc1OC. The van der Waals surface area contributed by atoms with Gasteiger partial charge in [-0.05, 0) is 12.1 Å². The van der Waals surface area contributed by atoms with Crippen molar-refractivity contribution in [2.45, 2.75) is 13.2 Å². The number of benzene rings is 1. The molecule has 1 aromatic carbocycles. The predicted molar refractivity (Wildman–Crippen MR) is 72.9 cm³/mol. The fraction of sp³-hybridized carbons (Fsp3) is 0.214. The minimum atomic E-state index is 0.176. The molecule has 6 heteroatoms. The largest absolute Gasteiger partial charge is 0.493 e. The second-order valence-electron chi connectivity index (χ2n) is 3.95. The summed E-state index contributed by atoms with van der Waals surface area (Å²) in [5.74, 6) is 1.22. The van der Waals surface area contributed by atoms with Crippen molar-refractivity contribution in [1.82, 2.24) is 15.0 Å². The Morgan fingerprint density at radius 3 is 2.75 bits per heavy atom. The van der Waals surface area contributed by atoms with Crippen molar-refractivity contribution in [3.8, 4) is 11.5 Å². The van der Waals surface area contributed by atoms with Crippen LogP contribution in [0.15, 0.2) is 36.9 Å². The maximum Gasteiger partial charge on any atom is 0.172 e. The van der Waals surface area contributed by atoms with E-state index in [2.05, 4.69) is 16.9 Å². The number of carbonyl (C=O) groups excluding carboxylic acids is 1. The number of aldehydes is 1. The monoisotopic (exact) mass is 273 g/mol. The van der Waals surface area contributed by atoms with E-state index in [0.717, 1.165) is 0 Å². The van der Waals surface area contributed by atoms with Crippen LogP contribution in [-0.2, 0) is 13.2 Å². The lowest BCUT2D eigenvalue weighted by Gasteiger charge is -2.10. The lowest BCUT2D eigenvalue weighted by Crippen LogP contribution is -2.08. The number of aromatic nitrogens is 3. The second-order valence-corrected chi connectivity index (χ2v) is 3.95. The van der Waals surface area contributed by atoms with Gasteiger partial charge in [0, 0.05) is 0 Å². The standard InChI is InChI=1S/C14H15N3O3/c1-3-8-17-12(11(9-18)15-16-17)10-20-14-7-5-4-6-13(14)19-2/h3-7,9H,1,8,10H2,2H3. The molecule has 2 rings (SSSR count). The normalized spacial score (nSPS) is 10.1. The predicted octanol–water partition coefficient (Wildman–Crippen LogP) is 1.86. The molecule has 6 nitrogen and oxygen atoms in total. The molecule has 0 saturated heterocycles. The molecule has 0 radical (unpaired) electrons. The van der Waals surface area contributed by atoms with E-state index < -0.39 is 0 Å². The summed E-state index contributed by atoms with van der Waals surface area (Å²) in [4.78, 5) is 11.0. The molecule has 0 atom stereocenters. The number of allylic oxidation sites excluding steroid dienone is 1. The van der Waals surface area contributed by atoms with Gasteiger partial charge in [-0.25, -0.2) is 4.68 Å². The number of ether oxygens (including phenoxy) is 2. The Labute approximate surface area is 116 Å². The molecule has 0 fully saturated rings. The van der Waals surface area contributed by atoms with E-state index in [4.69, 9.17) is 9.47 Å². The van der Waals surface area contributed by atoms with Crippen molar-refractivity contribution in [3.63, 3.8) is 0 Å². The van der Waals surface area contributed by atoms with E-state index in [1.807, 2.05) is 12.1 Å². The first-order valence-electron chi connectivity index (χ1n) is 6.04. The van der Waals surface area contributed by atoms with Crippen molar-refractivity contribution >= 4 is 6.29 Å². The van der Waals surface area contributed by atoms with Gasteiger partial charge in [-0.15, -0.1) is 11.7 Å². The minimum Gasteiger partial charge on any atom is -0.493 e. The van der Waals surface area contributed by atoms with Gasteiger partial charge in [-0.3, -0.25) is 4.79 Å². The van der Waals surface area contributed by atoms with Crippen LogP contribution in [0.3, 0.4) is 0 Å². The summed E-state index contributed by atoms with van der Waals surface area (Å²) < 4.78 is 12.5. The summed E-state index contributed by atoms with van der Waals surface area (Å²) in [6.45, 7) is 4.28. The van der Waals surface area contributed by atoms with E-state index in [1.165, 1.54) is 0 Å². The average molecular weight is 273 g/mol. The Kier molecular flexibility index (Phi) is 4.49. The summed E-state index contributed by atoms with van der Waals surface area (Å²) >= 11 is 0. The molecular weight excluding hydrogens is 258 g/mol. The van der Waals surface area contributed by atoms with Crippen LogP contribution in [0.5, 0.6) is 11.5 Å². The molecule has 1 heterocycles. The van der Waals surface area contributed by atoms with Gasteiger partial charge < -0.3 is 9.47 Å². The highest BCUT2D eigenvalue weighted by Crippen LogP contribution is 2.26. The Morgan fingerprint density at radius 1 is 1.35 bits per heavy atom. The Balaban J connectivity index is 2.19. The topological polar surface area (TPSA) is 66.2 Å². The molecule has 0 bridgehead atoms. The molecule has 1 aromatic heterocycles. The van der Waals surface area contributed by atoms with Gasteiger partial charge in [0.15, 0.2) is 23.5 Å². The summed E-state index contributed by atoms with van der Waals surface area (Å²) in [7, 11) is 1.57. The van der Waals surface area contributed by atoms with E-state index in [1.54, 1.807) is 30.0 Å². The van der Waals surface area contributed by atoms with Crippen LogP contribution in [0.1, 0.15) is 16.2 Å². The molecular formula is C14H15N3O3. The molecule has 0 amide bonds. The molecule has 0 unspecified atom stereocenters. The third-order valence-electron chi connectivity index (χ3n) is 2.71. The van der Waals surface area contributed by atoms with Crippen LogP contribution >= 0.6 is 0 Å². The summed E-state index contributed by atoms with van der Waals surface area (Å²) in [6, 6.07) is 7.29. The molecule has 2 aromatic rings. The zero-order valence-corrected chi connectivity index (χ0v) is 11.2.